The Bertz CT molecular complexity index is 1010. The predicted molar refractivity (Wildman–Crippen MR) is 141 cm³/mol. The first-order chi connectivity index (χ1) is 17.5. The average molecular weight is 492 g/mol. The van der Waals surface area contributed by atoms with Gasteiger partial charge in [-0.15, -0.1) is 0 Å². The molecule has 5 rings (SSSR count). The number of likely N-dealkylation sites (tertiary alicyclic amines) is 1. The first kappa shape index (κ1) is 25.3. The van der Waals surface area contributed by atoms with E-state index in [2.05, 4.69) is 24.0 Å². The summed E-state index contributed by atoms with van der Waals surface area (Å²) < 4.78 is 12.5. The zero-order chi connectivity index (χ0) is 25.0. The lowest BCUT2D eigenvalue weighted by Crippen LogP contribution is -2.46. The molecule has 2 aromatic rings. The molecule has 2 aromatic carbocycles. The SMILES string of the molecule is CC(C[C@@H](OC(=O)[C@](O)(c1ccccc1)C1CCCC1)Oc1ccc2c(c1)CCCC2)N1CCCC1. The summed E-state index contributed by atoms with van der Waals surface area (Å²) in [5.41, 5.74) is 1.68. The van der Waals surface area contributed by atoms with Crippen molar-refractivity contribution < 1.29 is 19.4 Å². The van der Waals surface area contributed by atoms with Crippen molar-refractivity contribution >= 4 is 5.97 Å². The summed E-state index contributed by atoms with van der Waals surface area (Å²) in [7, 11) is 0. The van der Waals surface area contributed by atoms with E-state index in [0.29, 0.717) is 12.0 Å². The van der Waals surface area contributed by atoms with Gasteiger partial charge in [0, 0.05) is 18.4 Å². The van der Waals surface area contributed by atoms with Crippen LogP contribution in [0, 0.1) is 5.92 Å². The Kier molecular flexibility index (Phi) is 7.97. The van der Waals surface area contributed by atoms with E-state index in [4.69, 9.17) is 9.47 Å². The summed E-state index contributed by atoms with van der Waals surface area (Å²) in [6.07, 6.45) is 10.5. The van der Waals surface area contributed by atoms with Crippen LogP contribution in [0.1, 0.15) is 81.4 Å². The lowest BCUT2D eigenvalue weighted by atomic mass is 9.80. The topological polar surface area (TPSA) is 59.0 Å². The second-order valence-electron chi connectivity index (χ2n) is 11.0. The molecule has 1 unspecified atom stereocenters. The zero-order valence-corrected chi connectivity index (χ0v) is 21.7. The molecule has 3 aliphatic rings. The second-order valence-corrected chi connectivity index (χ2v) is 11.0. The van der Waals surface area contributed by atoms with E-state index in [-0.39, 0.29) is 12.0 Å². The molecule has 2 fully saturated rings. The minimum Gasteiger partial charge on any atom is -0.455 e. The van der Waals surface area contributed by atoms with Gasteiger partial charge in [-0.05, 0) is 100 Å². The van der Waals surface area contributed by atoms with Crippen LogP contribution in [-0.4, -0.2) is 41.4 Å². The molecule has 1 heterocycles. The molecule has 0 bridgehead atoms. The van der Waals surface area contributed by atoms with Crippen molar-refractivity contribution in [1.29, 1.82) is 0 Å². The van der Waals surface area contributed by atoms with E-state index in [0.717, 1.165) is 57.4 Å². The maximum absolute atomic E-state index is 13.8. The highest BCUT2D eigenvalue weighted by atomic mass is 16.7. The van der Waals surface area contributed by atoms with E-state index in [1.165, 1.54) is 36.8 Å². The van der Waals surface area contributed by atoms with E-state index >= 15 is 0 Å². The van der Waals surface area contributed by atoms with Crippen LogP contribution in [0.3, 0.4) is 0 Å². The van der Waals surface area contributed by atoms with Gasteiger partial charge in [0.05, 0.1) is 0 Å². The van der Waals surface area contributed by atoms with Gasteiger partial charge in [0.1, 0.15) is 5.75 Å². The van der Waals surface area contributed by atoms with Crippen molar-refractivity contribution in [3.05, 3.63) is 65.2 Å². The summed E-state index contributed by atoms with van der Waals surface area (Å²) in [6, 6.07) is 15.8. The van der Waals surface area contributed by atoms with Crippen LogP contribution in [-0.2, 0) is 28.0 Å². The number of rotatable bonds is 9. The van der Waals surface area contributed by atoms with Crippen molar-refractivity contribution in [2.24, 2.45) is 5.92 Å². The molecule has 0 amide bonds. The van der Waals surface area contributed by atoms with Crippen LogP contribution in [0.2, 0.25) is 0 Å². The number of nitrogens with zero attached hydrogens (tertiary/aromatic N) is 1. The molecule has 1 saturated carbocycles. The van der Waals surface area contributed by atoms with Gasteiger partial charge in [-0.2, -0.15) is 0 Å². The third-order valence-corrected chi connectivity index (χ3v) is 8.59. The van der Waals surface area contributed by atoms with Gasteiger partial charge in [-0.3, -0.25) is 0 Å². The summed E-state index contributed by atoms with van der Waals surface area (Å²) in [6.45, 7) is 4.32. The number of aliphatic hydroxyl groups is 1. The summed E-state index contributed by atoms with van der Waals surface area (Å²) >= 11 is 0. The van der Waals surface area contributed by atoms with Crippen molar-refractivity contribution in [1.82, 2.24) is 4.90 Å². The van der Waals surface area contributed by atoms with Gasteiger partial charge in [-0.25, -0.2) is 4.79 Å². The molecule has 5 heteroatoms. The number of aryl methyl sites for hydroxylation is 2. The molecule has 3 atom stereocenters. The van der Waals surface area contributed by atoms with Gasteiger partial charge in [-0.1, -0.05) is 49.2 Å². The minimum absolute atomic E-state index is 0.146. The zero-order valence-electron chi connectivity index (χ0n) is 21.7. The fourth-order valence-corrected chi connectivity index (χ4v) is 6.43. The number of fused-ring (bicyclic) bond motifs is 1. The van der Waals surface area contributed by atoms with Crippen molar-refractivity contribution in [3.63, 3.8) is 0 Å². The fraction of sp³-hybridized carbons (Fsp3) is 0.581. The molecule has 1 saturated heterocycles. The van der Waals surface area contributed by atoms with E-state index in [9.17, 15) is 9.90 Å². The Morgan fingerprint density at radius 1 is 0.972 bits per heavy atom. The second kappa shape index (κ2) is 11.4. The summed E-state index contributed by atoms with van der Waals surface area (Å²) in [5, 5.41) is 11.9. The summed E-state index contributed by atoms with van der Waals surface area (Å²) in [5.74, 6) is 0.0103. The smallest absolute Gasteiger partial charge is 0.346 e. The Morgan fingerprint density at radius 2 is 1.67 bits per heavy atom. The van der Waals surface area contributed by atoms with Crippen LogP contribution >= 0.6 is 0 Å². The quantitative estimate of drug-likeness (QED) is 0.357. The number of hydrogen-bond donors (Lipinski definition) is 1. The van der Waals surface area contributed by atoms with Crippen molar-refractivity contribution in [2.45, 2.75) is 95.5 Å². The van der Waals surface area contributed by atoms with E-state index in [1.807, 2.05) is 36.4 Å². The Morgan fingerprint density at radius 3 is 2.39 bits per heavy atom. The number of hydrogen-bond acceptors (Lipinski definition) is 5. The lowest BCUT2D eigenvalue weighted by Gasteiger charge is -2.35. The molecule has 194 valence electrons. The highest BCUT2D eigenvalue weighted by Gasteiger charge is 2.48. The first-order valence-electron chi connectivity index (χ1n) is 14.1. The van der Waals surface area contributed by atoms with Crippen molar-refractivity contribution in [3.8, 4) is 5.75 Å². The van der Waals surface area contributed by atoms with Crippen LogP contribution in [0.4, 0.5) is 0 Å². The molecule has 36 heavy (non-hydrogen) atoms. The van der Waals surface area contributed by atoms with E-state index in [1.54, 1.807) is 0 Å². The average Bonchev–Trinajstić information content (AvgIpc) is 3.64. The Labute approximate surface area is 215 Å². The van der Waals surface area contributed by atoms with Gasteiger partial charge in [0.15, 0.2) is 5.60 Å². The lowest BCUT2D eigenvalue weighted by molar-refractivity contribution is -0.195. The van der Waals surface area contributed by atoms with Gasteiger partial charge < -0.3 is 19.5 Å². The highest BCUT2D eigenvalue weighted by Crippen LogP contribution is 2.42. The first-order valence-corrected chi connectivity index (χ1v) is 14.1. The van der Waals surface area contributed by atoms with Crippen molar-refractivity contribution in [2.75, 3.05) is 13.1 Å². The molecule has 0 spiro atoms. The third kappa shape index (κ3) is 5.47. The Balaban J connectivity index is 1.39. The number of ether oxygens (including phenoxy) is 2. The molecule has 1 aliphatic heterocycles. The molecule has 5 nitrogen and oxygen atoms in total. The number of benzene rings is 2. The highest BCUT2D eigenvalue weighted by molar-refractivity contribution is 5.81. The number of esters is 1. The van der Waals surface area contributed by atoms with E-state index < -0.39 is 17.9 Å². The number of carbonyl (C=O) groups excluding carboxylic acids is 1. The third-order valence-electron chi connectivity index (χ3n) is 8.59. The Hall–Kier alpha value is -2.37. The number of carbonyl (C=O) groups is 1. The molecule has 0 radical (unpaired) electrons. The van der Waals surface area contributed by atoms with Gasteiger partial charge in [0.25, 0.3) is 0 Å². The van der Waals surface area contributed by atoms with Crippen LogP contribution < -0.4 is 4.74 Å². The summed E-state index contributed by atoms with van der Waals surface area (Å²) in [4.78, 5) is 16.3. The monoisotopic (exact) mass is 491 g/mol. The minimum atomic E-state index is -1.66. The van der Waals surface area contributed by atoms with Crippen LogP contribution in [0.15, 0.2) is 48.5 Å². The molecular weight excluding hydrogens is 450 g/mol. The van der Waals surface area contributed by atoms with Gasteiger partial charge in [0.2, 0.25) is 6.29 Å². The van der Waals surface area contributed by atoms with Crippen LogP contribution in [0.25, 0.3) is 0 Å². The fourth-order valence-electron chi connectivity index (χ4n) is 6.43. The molecular formula is C31H41NO4. The molecule has 2 aliphatic carbocycles. The van der Waals surface area contributed by atoms with Crippen LogP contribution in [0.5, 0.6) is 5.75 Å². The van der Waals surface area contributed by atoms with Gasteiger partial charge >= 0.3 is 5.97 Å². The normalized spacial score (nSPS) is 21.9. The standard InChI is InChI=1S/C31H41NO4/c1-23(32-19-9-10-20-32)21-29(35-28-18-17-24-11-5-6-12-25(24)22-28)36-30(33)31(34,27-15-7-8-16-27)26-13-3-2-4-14-26/h2-4,13-14,17-18,22-23,27,29,34H,5-12,15-16,19-21H2,1H3/t23?,29-,31+/m1/s1. The maximum atomic E-state index is 13.8. The molecule has 0 aromatic heterocycles. The maximum Gasteiger partial charge on any atom is 0.346 e. The largest absolute Gasteiger partial charge is 0.455 e. The predicted octanol–water partition coefficient (Wildman–Crippen LogP) is 5.77. The molecule has 1 N–H and O–H groups in total.